The number of anilines is 2. The first-order valence-corrected chi connectivity index (χ1v) is 9.00. The first kappa shape index (κ1) is 18.1. The Labute approximate surface area is 161 Å². The molecule has 4 rings (SSSR count). The van der Waals surface area contributed by atoms with Crippen molar-refractivity contribution in [2.75, 3.05) is 5.32 Å². The number of hydrogen-bond donors (Lipinski definition) is 1. The van der Waals surface area contributed by atoms with Crippen molar-refractivity contribution < 1.29 is 18.0 Å². The third-order valence-corrected chi connectivity index (χ3v) is 5.00. The summed E-state index contributed by atoms with van der Waals surface area (Å²) < 4.78 is 38.8. The number of nitrogens with zero attached hydrogens (tertiary/aromatic N) is 2. The number of hydrogen-bond acceptors (Lipinski definition) is 5. The summed E-state index contributed by atoms with van der Waals surface area (Å²) >= 11 is 1.11. The largest absolute Gasteiger partial charge is 0.417 e. The van der Waals surface area contributed by atoms with Gasteiger partial charge in [-0.1, -0.05) is 47.7 Å². The minimum absolute atomic E-state index is 0.271. The van der Waals surface area contributed by atoms with Crippen LogP contribution in [0.1, 0.15) is 15.9 Å². The fourth-order valence-corrected chi connectivity index (χ4v) is 3.54. The predicted molar refractivity (Wildman–Crippen MR) is 103 cm³/mol. The summed E-state index contributed by atoms with van der Waals surface area (Å²) in [4.78, 5) is 18.8. The molecule has 0 saturated carbocycles. The lowest BCUT2D eigenvalue weighted by Gasteiger charge is -2.05. The lowest BCUT2D eigenvalue weighted by molar-refractivity contribution is -0.137. The van der Waals surface area contributed by atoms with Crippen LogP contribution in [0.4, 0.5) is 24.0 Å². The van der Waals surface area contributed by atoms with Crippen LogP contribution in [-0.4, -0.2) is 16.3 Å². The number of carbonyl (C=O) groups is 1. The van der Waals surface area contributed by atoms with Crippen molar-refractivity contribution in [2.45, 2.75) is 6.18 Å². The third-order valence-electron chi connectivity index (χ3n) is 4.09. The fourth-order valence-electron chi connectivity index (χ4n) is 2.65. The van der Waals surface area contributed by atoms with Crippen molar-refractivity contribution in [2.24, 2.45) is 0 Å². The number of alkyl halides is 3. The maximum absolute atomic E-state index is 12.8. The average Bonchev–Trinajstić information content (AvgIpc) is 3.09. The molecule has 0 amide bonds. The van der Waals surface area contributed by atoms with Crippen molar-refractivity contribution in [1.82, 2.24) is 9.97 Å². The highest BCUT2D eigenvalue weighted by atomic mass is 32.1. The van der Waals surface area contributed by atoms with Gasteiger partial charge in [0.05, 0.1) is 10.3 Å². The highest BCUT2D eigenvalue weighted by Gasteiger charge is 2.31. The second kappa shape index (κ2) is 7.05. The summed E-state index contributed by atoms with van der Waals surface area (Å²) in [5, 5.41) is 3.55. The van der Waals surface area contributed by atoms with E-state index in [0.717, 1.165) is 46.7 Å². The zero-order chi connectivity index (χ0) is 19.7. The van der Waals surface area contributed by atoms with E-state index in [2.05, 4.69) is 15.3 Å². The highest BCUT2D eigenvalue weighted by Crippen LogP contribution is 2.34. The Kier molecular flexibility index (Phi) is 4.56. The molecule has 0 spiro atoms. The van der Waals surface area contributed by atoms with Gasteiger partial charge in [0.1, 0.15) is 6.29 Å². The summed E-state index contributed by atoms with van der Waals surface area (Å²) in [5.41, 5.74) is 2.79. The molecular weight excluding hydrogens is 387 g/mol. The van der Waals surface area contributed by atoms with E-state index in [0.29, 0.717) is 15.4 Å². The normalized spacial score (nSPS) is 11.5. The van der Waals surface area contributed by atoms with Crippen molar-refractivity contribution >= 4 is 38.8 Å². The number of pyridine rings is 1. The monoisotopic (exact) mass is 399 g/mol. The molecule has 2 heterocycles. The number of aldehydes is 1. The van der Waals surface area contributed by atoms with E-state index in [4.69, 9.17) is 0 Å². The minimum Gasteiger partial charge on any atom is -0.331 e. The topological polar surface area (TPSA) is 54.9 Å². The number of benzene rings is 2. The molecule has 2 aromatic heterocycles. The molecule has 0 atom stereocenters. The molecule has 0 aliphatic rings. The number of thiazole rings is 1. The van der Waals surface area contributed by atoms with Crippen LogP contribution in [0.25, 0.3) is 21.5 Å². The molecule has 0 aliphatic heterocycles. The molecule has 140 valence electrons. The van der Waals surface area contributed by atoms with Crippen molar-refractivity contribution in [3.63, 3.8) is 0 Å². The number of fused-ring (bicyclic) bond motifs is 1. The lowest BCUT2D eigenvalue weighted by Crippen LogP contribution is -2.04. The Balaban J connectivity index is 1.54. The quantitative estimate of drug-likeness (QED) is 0.432. The summed E-state index contributed by atoms with van der Waals surface area (Å²) in [7, 11) is 0. The number of nitrogens with one attached hydrogen (secondary N) is 1. The minimum atomic E-state index is -4.43. The molecule has 4 aromatic rings. The van der Waals surface area contributed by atoms with Gasteiger partial charge in [0.25, 0.3) is 0 Å². The van der Waals surface area contributed by atoms with Gasteiger partial charge in [0.2, 0.25) is 0 Å². The van der Waals surface area contributed by atoms with Crippen LogP contribution < -0.4 is 5.32 Å². The summed E-state index contributed by atoms with van der Waals surface area (Å²) in [6.07, 6.45) is -2.85. The van der Waals surface area contributed by atoms with Gasteiger partial charge < -0.3 is 5.32 Å². The van der Waals surface area contributed by atoms with E-state index in [9.17, 15) is 18.0 Å². The van der Waals surface area contributed by atoms with Gasteiger partial charge in [-0.25, -0.2) is 4.98 Å². The summed E-state index contributed by atoms with van der Waals surface area (Å²) in [6, 6.07) is 15.8. The molecule has 0 saturated heterocycles. The summed E-state index contributed by atoms with van der Waals surface area (Å²) in [6.45, 7) is 0. The molecule has 0 bridgehead atoms. The molecule has 2 aromatic carbocycles. The van der Waals surface area contributed by atoms with Gasteiger partial charge in [-0.2, -0.15) is 18.2 Å². The molecule has 0 unspecified atom stereocenters. The van der Waals surface area contributed by atoms with Gasteiger partial charge in [-0.15, -0.1) is 0 Å². The van der Waals surface area contributed by atoms with Gasteiger partial charge in [-0.3, -0.25) is 4.79 Å². The zero-order valence-electron chi connectivity index (χ0n) is 14.2. The smallest absolute Gasteiger partial charge is 0.331 e. The molecule has 4 nitrogen and oxygen atoms in total. The maximum atomic E-state index is 12.8. The van der Waals surface area contributed by atoms with Crippen LogP contribution >= 0.6 is 11.3 Å². The second-order valence-electron chi connectivity index (χ2n) is 6.00. The molecule has 0 radical (unpaired) electrons. The average molecular weight is 399 g/mol. The molecule has 8 heteroatoms. The Morgan fingerprint density at radius 2 is 1.61 bits per heavy atom. The standard InChI is InChI=1S/C20H12F3N3OS/c21-20(22,23)15-9-17-18(24-10-15)26-19(28-17)25-16-7-5-14(6-8-16)13-3-1-12(11-27)2-4-13/h1-11H,(H,24,25,26). The number of rotatable bonds is 4. The second-order valence-corrected chi connectivity index (χ2v) is 7.04. The molecular formula is C20H12F3N3OS. The fraction of sp³-hybridized carbons (Fsp3) is 0.0500. The van der Waals surface area contributed by atoms with Crippen LogP contribution in [0.5, 0.6) is 0 Å². The Bertz CT molecular complexity index is 1140. The van der Waals surface area contributed by atoms with Crippen LogP contribution in [0.2, 0.25) is 0 Å². The van der Waals surface area contributed by atoms with E-state index >= 15 is 0 Å². The first-order chi connectivity index (χ1) is 13.4. The van der Waals surface area contributed by atoms with Gasteiger partial charge in [0, 0.05) is 17.4 Å². The van der Waals surface area contributed by atoms with E-state index in [1.165, 1.54) is 0 Å². The predicted octanol–water partition coefficient (Wildman–Crippen LogP) is 5.93. The van der Waals surface area contributed by atoms with E-state index in [1.807, 2.05) is 36.4 Å². The van der Waals surface area contributed by atoms with Crippen LogP contribution in [0.15, 0.2) is 60.8 Å². The van der Waals surface area contributed by atoms with Crippen LogP contribution in [0, 0.1) is 0 Å². The number of halogens is 3. The highest BCUT2D eigenvalue weighted by molar-refractivity contribution is 7.22. The summed E-state index contributed by atoms with van der Waals surface area (Å²) in [5.74, 6) is 0. The van der Waals surface area contributed by atoms with Crippen molar-refractivity contribution in [3.8, 4) is 11.1 Å². The Hall–Kier alpha value is -3.26. The van der Waals surface area contributed by atoms with Gasteiger partial charge >= 0.3 is 6.18 Å². The molecule has 28 heavy (non-hydrogen) atoms. The SMILES string of the molecule is O=Cc1ccc(-c2ccc(Nc3nc4ncc(C(F)(F)F)cc4s3)cc2)cc1. The number of carbonyl (C=O) groups excluding carboxylic acids is 1. The van der Waals surface area contributed by atoms with Crippen molar-refractivity contribution in [1.29, 1.82) is 0 Å². The number of aromatic nitrogens is 2. The van der Waals surface area contributed by atoms with Gasteiger partial charge in [0.15, 0.2) is 10.8 Å². The Morgan fingerprint density at radius 1 is 0.964 bits per heavy atom. The Morgan fingerprint density at radius 3 is 2.21 bits per heavy atom. The van der Waals surface area contributed by atoms with Crippen LogP contribution in [0.3, 0.4) is 0 Å². The van der Waals surface area contributed by atoms with Crippen LogP contribution in [-0.2, 0) is 6.18 Å². The van der Waals surface area contributed by atoms with E-state index < -0.39 is 11.7 Å². The zero-order valence-corrected chi connectivity index (χ0v) is 15.0. The van der Waals surface area contributed by atoms with E-state index in [1.54, 1.807) is 12.1 Å². The lowest BCUT2D eigenvalue weighted by atomic mass is 10.0. The molecule has 0 fully saturated rings. The third kappa shape index (κ3) is 3.72. The van der Waals surface area contributed by atoms with Gasteiger partial charge in [-0.05, 0) is 29.3 Å². The first-order valence-electron chi connectivity index (χ1n) is 8.19. The van der Waals surface area contributed by atoms with Crippen molar-refractivity contribution in [3.05, 3.63) is 71.9 Å². The molecule has 1 N–H and O–H groups in total. The van der Waals surface area contributed by atoms with E-state index in [-0.39, 0.29) is 5.65 Å². The molecule has 0 aliphatic carbocycles. The maximum Gasteiger partial charge on any atom is 0.417 e.